The van der Waals surface area contributed by atoms with Gasteiger partial charge in [-0.05, 0) is 20.8 Å². The van der Waals surface area contributed by atoms with Crippen molar-refractivity contribution in [1.82, 2.24) is 15.1 Å². The van der Waals surface area contributed by atoms with Crippen molar-refractivity contribution in [2.24, 2.45) is 7.05 Å². The minimum absolute atomic E-state index is 0.386. The van der Waals surface area contributed by atoms with E-state index in [0.29, 0.717) is 11.3 Å². The van der Waals surface area contributed by atoms with E-state index in [2.05, 4.69) is 10.4 Å². The molecule has 1 aromatic heterocycles. The van der Waals surface area contributed by atoms with Gasteiger partial charge in [-0.2, -0.15) is 5.10 Å². The lowest BCUT2D eigenvalue weighted by atomic mass is 10.1. The second kappa shape index (κ2) is 3.96. The third-order valence-corrected chi connectivity index (χ3v) is 2.44. The third-order valence-electron chi connectivity index (χ3n) is 2.44. The molecule has 0 unspecified atom stereocenters. The van der Waals surface area contributed by atoms with E-state index in [1.165, 1.54) is 20.0 Å². The Kier molecular flexibility index (Phi) is 3.02. The molecule has 0 aliphatic heterocycles. The third kappa shape index (κ3) is 2.21. The van der Waals surface area contributed by atoms with Gasteiger partial charge in [0.1, 0.15) is 5.54 Å². The molecule has 0 atom stereocenters. The number of hydrogen-bond donors (Lipinski definition) is 2. The summed E-state index contributed by atoms with van der Waals surface area (Å²) >= 11 is 0. The van der Waals surface area contributed by atoms with E-state index in [4.69, 9.17) is 5.11 Å². The van der Waals surface area contributed by atoms with Crippen molar-refractivity contribution >= 4 is 11.9 Å². The number of hydrogen-bond acceptors (Lipinski definition) is 3. The lowest BCUT2D eigenvalue weighted by Crippen LogP contribution is -2.49. The molecular formula is C10H15N3O3. The Hall–Kier alpha value is -1.85. The maximum Gasteiger partial charge on any atom is 0.328 e. The van der Waals surface area contributed by atoms with Crippen LogP contribution in [0.2, 0.25) is 0 Å². The SMILES string of the molecule is Cc1c(C(=O)NC(C)(C)C(=O)O)cnn1C. The fraction of sp³-hybridized carbons (Fsp3) is 0.500. The molecular weight excluding hydrogens is 210 g/mol. The van der Waals surface area contributed by atoms with Gasteiger partial charge in [-0.25, -0.2) is 4.79 Å². The zero-order chi connectivity index (χ0) is 12.5. The van der Waals surface area contributed by atoms with Crippen LogP contribution in [0.15, 0.2) is 6.20 Å². The second-order valence-corrected chi connectivity index (χ2v) is 4.15. The van der Waals surface area contributed by atoms with Crippen LogP contribution in [0.5, 0.6) is 0 Å². The van der Waals surface area contributed by atoms with Crippen LogP contribution >= 0.6 is 0 Å². The molecule has 0 aromatic carbocycles. The number of aromatic nitrogens is 2. The van der Waals surface area contributed by atoms with E-state index in [1.807, 2.05) is 0 Å². The molecule has 88 valence electrons. The van der Waals surface area contributed by atoms with Gasteiger partial charge in [0.25, 0.3) is 5.91 Å². The molecule has 6 heteroatoms. The second-order valence-electron chi connectivity index (χ2n) is 4.15. The van der Waals surface area contributed by atoms with Gasteiger partial charge in [0.15, 0.2) is 0 Å². The monoisotopic (exact) mass is 225 g/mol. The summed E-state index contributed by atoms with van der Waals surface area (Å²) in [5, 5.41) is 15.2. The molecule has 1 rings (SSSR count). The molecule has 1 aromatic rings. The highest BCUT2D eigenvalue weighted by Gasteiger charge is 2.30. The normalized spacial score (nSPS) is 11.2. The number of aryl methyl sites for hydroxylation is 1. The number of carbonyl (C=O) groups excluding carboxylic acids is 1. The van der Waals surface area contributed by atoms with Crippen LogP contribution in [-0.2, 0) is 11.8 Å². The lowest BCUT2D eigenvalue weighted by molar-refractivity contribution is -0.143. The van der Waals surface area contributed by atoms with Crippen molar-refractivity contribution in [3.05, 3.63) is 17.5 Å². The summed E-state index contributed by atoms with van der Waals surface area (Å²) in [5.74, 6) is -1.51. The highest BCUT2D eigenvalue weighted by atomic mass is 16.4. The van der Waals surface area contributed by atoms with Crippen molar-refractivity contribution in [3.8, 4) is 0 Å². The minimum Gasteiger partial charge on any atom is -0.480 e. The summed E-state index contributed by atoms with van der Waals surface area (Å²) in [6, 6.07) is 0. The van der Waals surface area contributed by atoms with E-state index in [-0.39, 0.29) is 0 Å². The highest BCUT2D eigenvalue weighted by Crippen LogP contribution is 2.09. The molecule has 0 bridgehead atoms. The average Bonchev–Trinajstić information content (AvgIpc) is 2.46. The van der Waals surface area contributed by atoms with Crippen molar-refractivity contribution in [3.63, 3.8) is 0 Å². The maximum atomic E-state index is 11.8. The van der Waals surface area contributed by atoms with Crippen molar-refractivity contribution in [2.45, 2.75) is 26.3 Å². The number of amides is 1. The van der Waals surface area contributed by atoms with E-state index < -0.39 is 17.4 Å². The first-order valence-electron chi connectivity index (χ1n) is 4.80. The summed E-state index contributed by atoms with van der Waals surface area (Å²) in [4.78, 5) is 22.6. The number of rotatable bonds is 3. The molecule has 1 amide bonds. The largest absolute Gasteiger partial charge is 0.480 e. The Bertz CT molecular complexity index is 435. The topological polar surface area (TPSA) is 84.2 Å². The van der Waals surface area contributed by atoms with Crippen molar-refractivity contribution in [2.75, 3.05) is 0 Å². The molecule has 0 spiro atoms. The van der Waals surface area contributed by atoms with E-state index in [0.717, 1.165) is 0 Å². The predicted octanol–water partition coefficient (Wildman–Crippen LogP) is 0.322. The van der Waals surface area contributed by atoms with Crippen molar-refractivity contribution in [1.29, 1.82) is 0 Å². The van der Waals surface area contributed by atoms with Gasteiger partial charge in [-0.3, -0.25) is 9.48 Å². The molecule has 16 heavy (non-hydrogen) atoms. The number of nitrogens with zero attached hydrogens (tertiary/aromatic N) is 2. The Labute approximate surface area is 93.3 Å². The zero-order valence-corrected chi connectivity index (χ0v) is 9.74. The van der Waals surface area contributed by atoms with E-state index in [9.17, 15) is 9.59 Å². The Morgan fingerprint density at radius 3 is 2.44 bits per heavy atom. The molecule has 0 radical (unpaired) electrons. The minimum atomic E-state index is -1.29. The Balaban J connectivity index is 2.89. The first-order chi connectivity index (χ1) is 7.25. The van der Waals surface area contributed by atoms with Gasteiger partial charge in [-0.1, -0.05) is 0 Å². The smallest absolute Gasteiger partial charge is 0.328 e. The summed E-state index contributed by atoms with van der Waals surface area (Å²) in [5.41, 5.74) is -0.213. The number of carbonyl (C=O) groups is 2. The van der Waals surface area contributed by atoms with Gasteiger partial charge in [0.05, 0.1) is 11.8 Å². The van der Waals surface area contributed by atoms with Crippen molar-refractivity contribution < 1.29 is 14.7 Å². The average molecular weight is 225 g/mol. The van der Waals surface area contributed by atoms with Crippen LogP contribution in [0, 0.1) is 6.92 Å². The quantitative estimate of drug-likeness (QED) is 0.776. The predicted molar refractivity (Wildman–Crippen MR) is 57.1 cm³/mol. The molecule has 0 saturated heterocycles. The molecule has 0 fully saturated rings. The summed E-state index contributed by atoms with van der Waals surface area (Å²) < 4.78 is 1.56. The number of aliphatic carboxylic acids is 1. The van der Waals surface area contributed by atoms with Crippen LogP contribution in [0.4, 0.5) is 0 Å². The Morgan fingerprint density at radius 2 is 2.06 bits per heavy atom. The van der Waals surface area contributed by atoms with Gasteiger partial charge < -0.3 is 10.4 Å². The fourth-order valence-electron chi connectivity index (χ4n) is 1.13. The summed E-state index contributed by atoms with van der Waals surface area (Å²) in [7, 11) is 1.72. The number of carboxylic acid groups (broad SMARTS) is 1. The molecule has 0 aliphatic rings. The number of nitrogens with one attached hydrogen (secondary N) is 1. The first kappa shape index (κ1) is 12.2. The molecule has 0 saturated carbocycles. The van der Waals surface area contributed by atoms with Gasteiger partial charge >= 0.3 is 5.97 Å². The molecule has 6 nitrogen and oxygen atoms in total. The highest BCUT2D eigenvalue weighted by molar-refractivity contribution is 5.98. The van der Waals surface area contributed by atoms with Gasteiger partial charge in [0.2, 0.25) is 0 Å². The molecule has 2 N–H and O–H groups in total. The zero-order valence-electron chi connectivity index (χ0n) is 9.74. The first-order valence-corrected chi connectivity index (χ1v) is 4.80. The van der Waals surface area contributed by atoms with Crippen LogP contribution in [0.1, 0.15) is 29.9 Å². The van der Waals surface area contributed by atoms with Crippen LogP contribution in [0.3, 0.4) is 0 Å². The Morgan fingerprint density at radius 1 is 1.50 bits per heavy atom. The van der Waals surface area contributed by atoms with Crippen LogP contribution < -0.4 is 5.32 Å². The standard InChI is InChI=1S/C10H15N3O3/c1-6-7(5-11-13(6)4)8(14)12-10(2,3)9(15)16/h5H,1-4H3,(H,12,14)(H,15,16). The molecule has 1 heterocycles. The van der Waals surface area contributed by atoms with Gasteiger partial charge in [-0.15, -0.1) is 0 Å². The van der Waals surface area contributed by atoms with Crippen LogP contribution in [-0.4, -0.2) is 32.3 Å². The van der Waals surface area contributed by atoms with Crippen LogP contribution in [0.25, 0.3) is 0 Å². The lowest BCUT2D eigenvalue weighted by Gasteiger charge is -2.20. The summed E-state index contributed by atoms with van der Waals surface area (Å²) in [6.07, 6.45) is 1.42. The van der Waals surface area contributed by atoms with E-state index >= 15 is 0 Å². The number of carboxylic acids is 1. The molecule has 0 aliphatic carbocycles. The van der Waals surface area contributed by atoms with E-state index in [1.54, 1.807) is 18.7 Å². The van der Waals surface area contributed by atoms with Gasteiger partial charge in [0, 0.05) is 12.7 Å². The fourth-order valence-corrected chi connectivity index (χ4v) is 1.13. The maximum absolute atomic E-state index is 11.8. The summed E-state index contributed by atoms with van der Waals surface area (Å²) in [6.45, 7) is 4.60.